The zero-order valence-electron chi connectivity index (χ0n) is 15.1. The molecule has 0 aliphatic rings. The van der Waals surface area contributed by atoms with Crippen LogP contribution in [0.3, 0.4) is 0 Å². The molecule has 0 saturated carbocycles. The van der Waals surface area contributed by atoms with Crippen LogP contribution >= 0.6 is 11.6 Å². The summed E-state index contributed by atoms with van der Waals surface area (Å²) in [5.41, 5.74) is 2.81. The maximum atomic E-state index is 12.9. The fourth-order valence-corrected chi connectivity index (χ4v) is 3.03. The summed E-state index contributed by atoms with van der Waals surface area (Å²) in [5, 5.41) is 4.35. The lowest BCUT2D eigenvalue weighted by atomic mass is 10.1. The van der Waals surface area contributed by atoms with E-state index in [2.05, 4.69) is 10.3 Å². The summed E-state index contributed by atoms with van der Waals surface area (Å²) in [6, 6.07) is 23.9. The Morgan fingerprint density at radius 3 is 2.50 bits per heavy atom. The van der Waals surface area contributed by atoms with Crippen molar-refractivity contribution >= 4 is 34.1 Å². The number of nitrogens with zero attached hydrogens (tertiary/aromatic N) is 1. The number of hydrogen-bond acceptors (Lipinski definition) is 3. The number of amides is 1. The van der Waals surface area contributed by atoms with Crippen molar-refractivity contribution in [3.8, 4) is 11.6 Å². The smallest absolute Gasteiger partial charge is 0.256 e. The van der Waals surface area contributed by atoms with Gasteiger partial charge < -0.3 is 10.1 Å². The van der Waals surface area contributed by atoms with E-state index >= 15 is 0 Å². The first-order valence-corrected chi connectivity index (χ1v) is 9.18. The average molecular weight is 389 g/mol. The van der Waals surface area contributed by atoms with Crippen molar-refractivity contribution < 1.29 is 9.53 Å². The lowest BCUT2D eigenvalue weighted by Crippen LogP contribution is -2.13. The van der Waals surface area contributed by atoms with Crippen molar-refractivity contribution in [2.24, 2.45) is 0 Å². The van der Waals surface area contributed by atoms with E-state index in [4.69, 9.17) is 16.3 Å². The summed E-state index contributed by atoms with van der Waals surface area (Å²) in [6.07, 6.45) is 0. The molecule has 0 fully saturated rings. The number of carbonyl (C=O) groups is 1. The van der Waals surface area contributed by atoms with Crippen molar-refractivity contribution in [2.75, 3.05) is 5.32 Å². The van der Waals surface area contributed by atoms with E-state index in [9.17, 15) is 4.79 Å². The van der Waals surface area contributed by atoms with Crippen LogP contribution in [0, 0.1) is 6.92 Å². The molecule has 0 aliphatic heterocycles. The van der Waals surface area contributed by atoms with Gasteiger partial charge in [-0.2, -0.15) is 0 Å². The van der Waals surface area contributed by atoms with Gasteiger partial charge in [-0.15, -0.1) is 0 Å². The average Bonchev–Trinajstić information content (AvgIpc) is 2.71. The van der Waals surface area contributed by atoms with E-state index in [0.717, 1.165) is 16.6 Å². The van der Waals surface area contributed by atoms with E-state index in [1.54, 1.807) is 18.2 Å². The fraction of sp³-hybridized carbons (Fsp3) is 0.0435. The number of rotatable bonds is 4. The highest BCUT2D eigenvalue weighted by atomic mass is 35.5. The van der Waals surface area contributed by atoms with Gasteiger partial charge in [-0.1, -0.05) is 48.0 Å². The molecule has 138 valence electrons. The van der Waals surface area contributed by atoms with Crippen LogP contribution in [0.25, 0.3) is 10.9 Å². The first-order valence-electron chi connectivity index (χ1n) is 8.80. The molecule has 4 rings (SSSR count). The molecule has 0 spiro atoms. The van der Waals surface area contributed by atoms with Crippen molar-refractivity contribution in [1.82, 2.24) is 4.98 Å². The summed E-state index contributed by atoms with van der Waals surface area (Å²) < 4.78 is 5.91. The van der Waals surface area contributed by atoms with Crippen LogP contribution in [0.15, 0.2) is 78.9 Å². The summed E-state index contributed by atoms with van der Waals surface area (Å²) in [7, 11) is 0. The number of para-hydroxylation sites is 2. The van der Waals surface area contributed by atoms with E-state index in [1.165, 1.54) is 0 Å². The molecule has 0 radical (unpaired) electrons. The van der Waals surface area contributed by atoms with Gasteiger partial charge in [0.2, 0.25) is 5.88 Å². The first-order chi connectivity index (χ1) is 13.6. The Balaban J connectivity index is 1.72. The molecular formula is C23H17ClN2O2. The Morgan fingerprint density at radius 2 is 1.71 bits per heavy atom. The number of pyridine rings is 1. The molecule has 1 amide bonds. The largest absolute Gasteiger partial charge is 0.439 e. The van der Waals surface area contributed by atoms with Gasteiger partial charge in [0, 0.05) is 22.2 Å². The van der Waals surface area contributed by atoms with Crippen LogP contribution < -0.4 is 10.1 Å². The molecule has 1 aromatic heterocycles. The third-order valence-corrected chi connectivity index (χ3v) is 4.74. The number of ether oxygens (including phenoxy) is 1. The minimum Gasteiger partial charge on any atom is -0.439 e. The van der Waals surface area contributed by atoms with Crippen molar-refractivity contribution in [3.63, 3.8) is 0 Å². The Bertz CT molecular complexity index is 1160. The predicted molar refractivity (Wildman–Crippen MR) is 112 cm³/mol. The normalized spacial score (nSPS) is 10.6. The van der Waals surface area contributed by atoms with Gasteiger partial charge in [0.25, 0.3) is 5.91 Å². The number of carbonyl (C=O) groups excluding carboxylic acids is 1. The monoisotopic (exact) mass is 388 g/mol. The molecule has 0 bridgehead atoms. The highest BCUT2D eigenvalue weighted by molar-refractivity contribution is 6.31. The fourth-order valence-electron chi connectivity index (χ4n) is 2.91. The second-order valence-electron chi connectivity index (χ2n) is 6.36. The van der Waals surface area contributed by atoms with Gasteiger partial charge in [-0.25, -0.2) is 4.98 Å². The van der Waals surface area contributed by atoms with E-state index in [1.807, 2.05) is 67.6 Å². The first kappa shape index (κ1) is 18.0. The number of fused-ring (bicyclic) bond motifs is 1. The number of benzene rings is 3. The highest BCUT2D eigenvalue weighted by Crippen LogP contribution is 2.28. The van der Waals surface area contributed by atoms with Crippen LogP contribution in [-0.2, 0) is 0 Å². The molecular weight excluding hydrogens is 372 g/mol. The quantitative estimate of drug-likeness (QED) is 0.450. The standard InChI is InChI=1S/C23H17ClN2O2/c1-15-13-17(11-12-20(15)24)28-22-14-19(18-9-5-6-10-21(18)26-22)23(27)25-16-7-3-2-4-8-16/h2-14H,1H3,(H,25,27). The van der Waals surface area contributed by atoms with Crippen molar-refractivity contribution in [2.45, 2.75) is 6.92 Å². The van der Waals surface area contributed by atoms with E-state index in [0.29, 0.717) is 27.7 Å². The van der Waals surface area contributed by atoms with Crippen LogP contribution in [0.4, 0.5) is 5.69 Å². The second-order valence-corrected chi connectivity index (χ2v) is 6.77. The molecule has 0 unspecified atom stereocenters. The Kier molecular flexibility index (Phi) is 4.96. The molecule has 0 aliphatic carbocycles. The Labute approximate surface area is 167 Å². The number of halogens is 1. The lowest BCUT2D eigenvalue weighted by Gasteiger charge is -2.11. The second kappa shape index (κ2) is 7.71. The van der Waals surface area contributed by atoms with Gasteiger partial charge >= 0.3 is 0 Å². The molecule has 1 heterocycles. The maximum Gasteiger partial charge on any atom is 0.256 e. The molecule has 4 aromatic rings. The van der Waals surface area contributed by atoms with Gasteiger partial charge in [0.1, 0.15) is 5.75 Å². The van der Waals surface area contributed by atoms with Gasteiger partial charge in [-0.3, -0.25) is 4.79 Å². The van der Waals surface area contributed by atoms with Crippen molar-refractivity contribution in [1.29, 1.82) is 0 Å². The number of nitrogens with one attached hydrogen (secondary N) is 1. The summed E-state index contributed by atoms with van der Waals surface area (Å²) in [6.45, 7) is 1.90. The molecule has 5 heteroatoms. The molecule has 0 saturated heterocycles. The number of aryl methyl sites for hydroxylation is 1. The molecule has 4 nitrogen and oxygen atoms in total. The van der Waals surface area contributed by atoms with Crippen LogP contribution in [0.5, 0.6) is 11.6 Å². The van der Waals surface area contributed by atoms with Gasteiger partial charge in [-0.05, 0) is 48.9 Å². The van der Waals surface area contributed by atoms with Crippen LogP contribution in [-0.4, -0.2) is 10.9 Å². The minimum atomic E-state index is -0.220. The van der Waals surface area contributed by atoms with Crippen molar-refractivity contribution in [3.05, 3.63) is 95.0 Å². The molecule has 0 atom stereocenters. The zero-order valence-corrected chi connectivity index (χ0v) is 15.9. The van der Waals surface area contributed by atoms with Gasteiger partial charge in [0.15, 0.2) is 0 Å². The predicted octanol–water partition coefficient (Wildman–Crippen LogP) is 6.24. The molecule has 3 aromatic carbocycles. The Morgan fingerprint density at radius 1 is 0.964 bits per heavy atom. The summed E-state index contributed by atoms with van der Waals surface area (Å²) in [5.74, 6) is 0.736. The SMILES string of the molecule is Cc1cc(Oc2cc(C(=O)Nc3ccccc3)c3ccccc3n2)ccc1Cl. The van der Waals surface area contributed by atoms with Crippen LogP contribution in [0.2, 0.25) is 5.02 Å². The number of hydrogen-bond donors (Lipinski definition) is 1. The zero-order chi connectivity index (χ0) is 19.5. The number of anilines is 1. The lowest BCUT2D eigenvalue weighted by molar-refractivity contribution is 0.102. The summed E-state index contributed by atoms with van der Waals surface area (Å²) in [4.78, 5) is 17.5. The molecule has 1 N–H and O–H groups in total. The maximum absolute atomic E-state index is 12.9. The minimum absolute atomic E-state index is 0.220. The third kappa shape index (κ3) is 3.82. The summed E-state index contributed by atoms with van der Waals surface area (Å²) >= 11 is 6.08. The third-order valence-electron chi connectivity index (χ3n) is 4.32. The van der Waals surface area contributed by atoms with E-state index < -0.39 is 0 Å². The highest BCUT2D eigenvalue weighted by Gasteiger charge is 2.14. The topological polar surface area (TPSA) is 51.2 Å². The Hall–Kier alpha value is -3.37. The van der Waals surface area contributed by atoms with Crippen LogP contribution in [0.1, 0.15) is 15.9 Å². The molecule has 28 heavy (non-hydrogen) atoms. The van der Waals surface area contributed by atoms with E-state index in [-0.39, 0.29) is 5.91 Å². The number of aromatic nitrogens is 1. The van der Waals surface area contributed by atoms with Gasteiger partial charge in [0.05, 0.1) is 11.1 Å².